The van der Waals surface area contributed by atoms with E-state index in [-0.39, 0.29) is 43.5 Å². The van der Waals surface area contributed by atoms with E-state index >= 15 is 0 Å². The van der Waals surface area contributed by atoms with Crippen molar-refractivity contribution in [3.63, 3.8) is 0 Å². The van der Waals surface area contributed by atoms with Crippen LogP contribution in [0.2, 0.25) is 0 Å². The number of carbonyl (C=O) groups excluding carboxylic acids is 3. The second-order valence-corrected chi connectivity index (χ2v) is 9.94. The van der Waals surface area contributed by atoms with Crippen molar-refractivity contribution in [1.29, 1.82) is 0 Å². The standard InChI is InChI=1S/C27H37N5O5/c1-5-16(4)21(14-33)32-24(25(34)28-15-31-20-11-9-8-10-19(20)29-30-31)18-13-12-17(6-2)22(23(18)26(32)35)27(36)37-7-3/h8-13,16-18,21-24,33H,5-7,14-15H2,1-4H3,(H,28,34)/t16-,17+,18-,21-,22+,23-,24-/m0/s1. The Morgan fingerprint density at radius 3 is 2.62 bits per heavy atom. The van der Waals surface area contributed by atoms with E-state index in [1.807, 2.05) is 57.2 Å². The summed E-state index contributed by atoms with van der Waals surface area (Å²) in [6.07, 6.45) is 5.24. The summed E-state index contributed by atoms with van der Waals surface area (Å²) in [7, 11) is 0. The number of hydrogen-bond donors (Lipinski definition) is 2. The molecule has 1 saturated heterocycles. The van der Waals surface area contributed by atoms with Gasteiger partial charge in [0.2, 0.25) is 11.8 Å². The van der Waals surface area contributed by atoms with E-state index in [2.05, 4.69) is 15.6 Å². The number of allylic oxidation sites excluding steroid dienone is 1. The normalized spacial score (nSPS) is 26.7. The van der Waals surface area contributed by atoms with Gasteiger partial charge in [-0.2, -0.15) is 0 Å². The zero-order valence-corrected chi connectivity index (χ0v) is 21.9. The third-order valence-corrected chi connectivity index (χ3v) is 8.01. The van der Waals surface area contributed by atoms with E-state index in [1.165, 1.54) is 4.90 Å². The first-order valence-electron chi connectivity index (χ1n) is 13.2. The van der Waals surface area contributed by atoms with Crippen LogP contribution in [-0.4, -0.2) is 68.1 Å². The molecule has 2 heterocycles. The molecule has 200 valence electrons. The second kappa shape index (κ2) is 11.4. The molecule has 37 heavy (non-hydrogen) atoms. The van der Waals surface area contributed by atoms with Crippen LogP contribution in [-0.2, 0) is 25.8 Å². The Hall–Kier alpha value is -3.27. The van der Waals surface area contributed by atoms with Crippen LogP contribution in [0.3, 0.4) is 0 Å². The number of amides is 2. The molecule has 1 fully saturated rings. The third kappa shape index (κ3) is 4.86. The smallest absolute Gasteiger partial charge is 0.310 e. The van der Waals surface area contributed by atoms with Crippen molar-refractivity contribution in [2.24, 2.45) is 29.6 Å². The van der Waals surface area contributed by atoms with Gasteiger partial charge in [0.05, 0.1) is 36.6 Å². The lowest BCUT2D eigenvalue weighted by atomic mass is 9.69. The highest BCUT2D eigenvalue weighted by atomic mass is 16.5. The lowest BCUT2D eigenvalue weighted by Crippen LogP contribution is -2.54. The Bertz CT molecular complexity index is 1160. The third-order valence-electron chi connectivity index (χ3n) is 8.01. The summed E-state index contributed by atoms with van der Waals surface area (Å²) in [4.78, 5) is 42.4. The number of nitrogens with one attached hydrogen (secondary N) is 1. The first kappa shape index (κ1) is 26.8. The number of carbonyl (C=O) groups is 3. The number of nitrogens with zero attached hydrogens (tertiary/aromatic N) is 4. The monoisotopic (exact) mass is 511 g/mol. The van der Waals surface area contributed by atoms with Crippen LogP contribution < -0.4 is 5.32 Å². The molecule has 0 saturated carbocycles. The maximum Gasteiger partial charge on any atom is 0.310 e. The Labute approximate surface area is 217 Å². The van der Waals surface area contributed by atoms with Gasteiger partial charge in [-0.3, -0.25) is 14.4 Å². The molecule has 4 rings (SSSR count). The summed E-state index contributed by atoms with van der Waals surface area (Å²) in [6, 6.07) is 6.02. The number of aliphatic hydroxyl groups excluding tert-OH is 1. The molecular weight excluding hydrogens is 474 g/mol. The Morgan fingerprint density at radius 1 is 1.19 bits per heavy atom. The van der Waals surface area contributed by atoms with Gasteiger partial charge in [0.1, 0.15) is 18.2 Å². The van der Waals surface area contributed by atoms with Crippen molar-refractivity contribution < 1.29 is 24.2 Å². The van der Waals surface area contributed by atoms with Gasteiger partial charge in [-0.15, -0.1) is 5.10 Å². The molecule has 2 aliphatic rings. The molecule has 2 N–H and O–H groups in total. The fraction of sp³-hybridized carbons (Fsp3) is 0.593. The van der Waals surface area contributed by atoms with Gasteiger partial charge in [0.25, 0.3) is 0 Å². The minimum Gasteiger partial charge on any atom is -0.466 e. The van der Waals surface area contributed by atoms with Crippen molar-refractivity contribution in [3.05, 3.63) is 36.4 Å². The number of hydrogen-bond acceptors (Lipinski definition) is 7. The van der Waals surface area contributed by atoms with Gasteiger partial charge in [-0.25, -0.2) is 4.68 Å². The van der Waals surface area contributed by atoms with Crippen molar-refractivity contribution in [1.82, 2.24) is 25.2 Å². The number of para-hydroxylation sites is 1. The van der Waals surface area contributed by atoms with Crippen LogP contribution in [0.4, 0.5) is 0 Å². The summed E-state index contributed by atoms with van der Waals surface area (Å²) < 4.78 is 6.97. The largest absolute Gasteiger partial charge is 0.466 e. The highest BCUT2D eigenvalue weighted by Gasteiger charge is 2.59. The van der Waals surface area contributed by atoms with Crippen molar-refractivity contribution >= 4 is 28.8 Å². The number of likely N-dealkylation sites (tertiary alicyclic amines) is 1. The van der Waals surface area contributed by atoms with Crippen LogP contribution in [0.5, 0.6) is 0 Å². The minimum absolute atomic E-state index is 0.0457. The molecule has 1 aliphatic heterocycles. The van der Waals surface area contributed by atoms with Crippen molar-refractivity contribution in [3.8, 4) is 0 Å². The van der Waals surface area contributed by atoms with E-state index in [0.29, 0.717) is 11.9 Å². The van der Waals surface area contributed by atoms with E-state index in [4.69, 9.17) is 4.74 Å². The lowest BCUT2D eigenvalue weighted by Gasteiger charge is -2.36. The number of benzene rings is 1. The molecule has 0 radical (unpaired) electrons. The van der Waals surface area contributed by atoms with E-state index in [0.717, 1.165) is 11.9 Å². The molecule has 2 amide bonds. The van der Waals surface area contributed by atoms with Crippen LogP contribution in [0.15, 0.2) is 36.4 Å². The van der Waals surface area contributed by atoms with Gasteiger partial charge in [0.15, 0.2) is 0 Å². The fourth-order valence-electron chi connectivity index (χ4n) is 5.86. The topological polar surface area (TPSA) is 127 Å². The number of rotatable bonds is 10. The van der Waals surface area contributed by atoms with E-state index < -0.39 is 35.8 Å². The number of ether oxygens (including phenoxy) is 1. The number of esters is 1. The SMILES string of the molecule is CCOC(=O)[C@H]1[C@H]2C(=O)N([C@@H](CO)[C@@H](C)CC)[C@H](C(=O)NCn3nnc4ccccc43)[C@H]2C=C[C@H]1CC. The summed E-state index contributed by atoms with van der Waals surface area (Å²) >= 11 is 0. The maximum atomic E-state index is 14.0. The first-order chi connectivity index (χ1) is 17.9. The van der Waals surface area contributed by atoms with E-state index in [1.54, 1.807) is 11.6 Å². The lowest BCUT2D eigenvalue weighted by molar-refractivity contribution is -0.156. The maximum absolute atomic E-state index is 14.0. The minimum atomic E-state index is -0.871. The molecule has 0 spiro atoms. The predicted molar refractivity (Wildman–Crippen MR) is 137 cm³/mol. The van der Waals surface area contributed by atoms with Gasteiger partial charge in [-0.1, -0.05) is 56.7 Å². The molecule has 10 heteroatoms. The highest BCUT2D eigenvalue weighted by Crippen LogP contribution is 2.46. The zero-order chi connectivity index (χ0) is 26.7. The van der Waals surface area contributed by atoms with Gasteiger partial charge < -0.3 is 20.1 Å². The summed E-state index contributed by atoms with van der Waals surface area (Å²) in [5.74, 6) is -3.18. The molecule has 1 aromatic carbocycles. The Kier molecular flexibility index (Phi) is 8.26. The summed E-state index contributed by atoms with van der Waals surface area (Å²) in [5.41, 5.74) is 1.49. The fourth-order valence-corrected chi connectivity index (χ4v) is 5.86. The first-order valence-corrected chi connectivity index (χ1v) is 13.2. The number of aromatic nitrogens is 3. The average Bonchev–Trinajstić information content (AvgIpc) is 3.46. The highest BCUT2D eigenvalue weighted by molar-refractivity contribution is 5.96. The second-order valence-electron chi connectivity index (χ2n) is 9.94. The number of aliphatic hydroxyl groups is 1. The zero-order valence-electron chi connectivity index (χ0n) is 21.9. The predicted octanol–water partition coefficient (Wildman–Crippen LogP) is 2.13. The quantitative estimate of drug-likeness (QED) is 0.370. The molecular formula is C27H37N5O5. The molecule has 1 aliphatic carbocycles. The van der Waals surface area contributed by atoms with E-state index in [9.17, 15) is 19.5 Å². The number of fused-ring (bicyclic) bond motifs is 2. The molecule has 10 nitrogen and oxygen atoms in total. The van der Waals surface area contributed by atoms with Crippen LogP contribution in [0.25, 0.3) is 11.0 Å². The van der Waals surface area contributed by atoms with Crippen molar-refractivity contribution in [2.45, 2.75) is 59.3 Å². The van der Waals surface area contributed by atoms with Gasteiger partial charge in [0, 0.05) is 5.92 Å². The van der Waals surface area contributed by atoms with Crippen LogP contribution >= 0.6 is 0 Å². The summed E-state index contributed by atoms with van der Waals surface area (Å²) in [5, 5.41) is 21.5. The van der Waals surface area contributed by atoms with Crippen LogP contribution in [0, 0.1) is 29.6 Å². The molecule has 0 bridgehead atoms. The molecule has 0 unspecified atom stereocenters. The van der Waals surface area contributed by atoms with Gasteiger partial charge in [-0.05, 0) is 37.3 Å². The Morgan fingerprint density at radius 2 is 1.95 bits per heavy atom. The molecule has 1 aromatic heterocycles. The van der Waals surface area contributed by atoms with Crippen LogP contribution in [0.1, 0.15) is 40.5 Å². The van der Waals surface area contributed by atoms with Gasteiger partial charge >= 0.3 is 5.97 Å². The molecule has 2 aromatic rings. The average molecular weight is 512 g/mol. The Balaban J connectivity index is 1.69. The van der Waals surface area contributed by atoms with Crippen molar-refractivity contribution in [2.75, 3.05) is 13.2 Å². The summed E-state index contributed by atoms with van der Waals surface area (Å²) in [6.45, 7) is 7.68. The molecule has 7 atom stereocenters.